The maximum absolute atomic E-state index is 5.20. The van der Waals surface area contributed by atoms with Gasteiger partial charge in [0, 0.05) is 13.2 Å². The van der Waals surface area contributed by atoms with Gasteiger partial charge in [-0.1, -0.05) is 32.6 Å². The van der Waals surface area contributed by atoms with E-state index in [0.29, 0.717) is 0 Å². The van der Waals surface area contributed by atoms with E-state index in [-0.39, 0.29) is 0 Å². The highest BCUT2D eigenvalue weighted by molar-refractivity contribution is 4.44. The number of hydrogen-bond donors (Lipinski definition) is 0. The van der Waals surface area contributed by atoms with Crippen molar-refractivity contribution in [2.75, 3.05) is 13.2 Å². The molecule has 0 amide bonds. The minimum atomic E-state index is 0.856. The van der Waals surface area contributed by atoms with Crippen LogP contribution in [0.5, 0.6) is 0 Å². The van der Waals surface area contributed by atoms with E-state index in [1.807, 2.05) is 6.92 Å². The Labute approximate surface area is 64.8 Å². The average Bonchev–Trinajstić information content (AvgIpc) is 1.97. The highest BCUT2D eigenvalue weighted by atomic mass is 16.5. The zero-order valence-corrected chi connectivity index (χ0v) is 7.07. The van der Waals surface area contributed by atoms with Crippen LogP contribution in [0.25, 0.3) is 0 Å². The van der Waals surface area contributed by atoms with Gasteiger partial charge in [-0.05, 0) is 13.3 Å². The summed E-state index contributed by atoms with van der Waals surface area (Å²) in [5.41, 5.74) is 0. The smallest absolute Gasteiger partial charge is 0.0465 e. The highest BCUT2D eigenvalue weighted by Gasteiger charge is 1.87. The van der Waals surface area contributed by atoms with Crippen LogP contribution in [0.2, 0.25) is 0 Å². The third-order valence-corrected chi connectivity index (χ3v) is 1.49. The van der Waals surface area contributed by atoms with Crippen molar-refractivity contribution in [2.45, 2.75) is 39.0 Å². The molecule has 0 aromatic carbocycles. The Hall–Kier alpha value is -0.0400. The SMILES string of the molecule is [CH2]CCCCCCOCC. The highest BCUT2D eigenvalue weighted by Crippen LogP contribution is 2.01. The largest absolute Gasteiger partial charge is 0.382 e. The molecule has 0 atom stereocenters. The van der Waals surface area contributed by atoms with Gasteiger partial charge in [-0.2, -0.15) is 0 Å². The van der Waals surface area contributed by atoms with Gasteiger partial charge >= 0.3 is 0 Å². The van der Waals surface area contributed by atoms with Gasteiger partial charge in [0.1, 0.15) is 0 Å². The van der Waals surface area contributed by atoms with Crippen LogP contribution in [0.1, 0.15) is 39.0 Å². The molecule has 0 aromatic heterocycles. The lowest BCUT2D eigenvalue weighted by atomic mass is 10.2. The van der Waals surface area contributed by atoms with E-state index >= 15 is 0 Å². The summed E-state index contributed by atoms with van der Waals surface area (Å²) in [4.78, 5) is 0. The third-order valence-electron chi connectivity index (χ3n) is 1.49. The van der Waals surface area contributed by atoms with Crippen molar-refractivity contribution in [3.63, 3.8) is 0 Å². The van der Waals surface area contributed by atoms with Gasteiger partial charge in [-0.15, -0.1) is 0 Å². The number of ether oxygens (including phenoxy) is 1. The van der Waals surface area contributed by atoms with Crippen molar-refractivity contribution < 1.29 is 4.74 Å². The van der Waals surface area contributed by atoms with Crippen molar-refractivity contribution >= 4 is 0 Å². The van der Waals surface area contributed by atoms with Gasteiger partial charge in [0.05, 0.1) is 0 Å². The molecule has 1 heteroatoms. The minimum absolute atomic E-state index is 0.856. The van der Waals surface area contributed by atoms with Crippen LogP contribution in [-0.2, 0) is 4.74 Å². The number of unbranched alkanes of at least 4 members (excludes halogenated alkanes) is 4. The fourth-order valence-electron chi connectivity index (χ4n) is 0.879. The summed E-state index contributed by atoms with van der Waals surface area (Å²) in [6.07, 6.45) is 6.18. The summed E-state index contributed by atoms with van der Waals surface area (Å²) in [7, 11) is 0. The molecule has 0 rings (SSSR count). The van der Waals surface area contributed by atoms with Crippen LogP contribution in [0.4, 0.5) is 0 Å². The standard InChI is InChI=1S/C9H19O/c1-3-5-6-7-8-9-10-4-2/h1,3-9H2,2H3. The quantitative estimate of drug-likeness (QED) is 0.498. The molecule has 0 aliphatic heterocycles. The third kappa shape index (κ3) is 7.96. The second kappa shape index (κ2) is 8.96. The predicted molar refractivity (Wildman–Crippen MR) is 44.9 cm³/mol. The van der Waals surface area contributed by atoms with Gasteiger partial charge < -0.3 is 4.74 Å². The van der Waals surface area contributed by atoms with E-state index in [4.69, 9.17) is 4.74 Å². The molecule has 0 aromatic rings. The summed E-state index contributed by atoms with van der Waals surface area (Å²) in [6.45, 7) is 7.62. The second-order valence-electron chi connectivity index (χ2n) is 2.46. The molecule has 0 N–H and O–H groups in total. The lowest BCUT2D eigenvalue weighted by molar-refractivity contribution is 0.143. The van der Waals surface area contributed by atoms with Crippen molar-refractivity contribution in [3.05, 3.63) is 6.92 Å². The average molecular weight is 143 g/mol. The maximum atomic E-state index is 5.20. The Balaban J connectivity index is 2.65. The zero-order valence-electron chi connectivity index (χ0n) is 7.07. The van der Waals surface area contributed by atoms with Crippen LogP contribution in [0.15, 0.2) is 0 Å². The topological polar surface area (TPSA) is 9.23 Å². The van der Waals surface area contributed by atoms with Gasteiger partial charge in [-0.3, -0.25) is 0 Å². The monoisotopic (exact) mass is 143 g/mol. The van der Waals surface area contributed by atoms with Crippen LogP contribution in [-0.4, -0.2) is 13.2 Å². The Kier molecular flexibility index (Phi) is 8.92. The first-order valence-electron chi connectivity index (χ1n) is 4.28. The summed E-state index contributed by atoms with van der Waals surface area (Å²) in [5, 5.41) is 0. The molecule has 0 bridgehead atoms. The molecule has 1 nitrogen and oxygen atoms in total. The molecule has 0 unspecified atom stereocenters. The van der Waals surface area contributed by atoms with E-state index in [9.17, 15) is 0 Å². The van der Waals surface area contributed by atoms with Crippen LogP contribution in [0.3, 0.4) is 0 Å². The van der Waals surface area contributed by atoms with E-state index in [1.165, 1.54) is 25.7 Å². The van der Waals surface area contributed by atoms with Crippen molar-refractivity contribution in [1.29, 1.82) is 0 Å². The molecule has 0 aliphatic carbocycles. The van der Waals surface area contributed by atoms with Crippen molar-refractivity contribution in [2.24, 2.45) is 0 Å². The lowest BCUT2D eigenvalue weighted by Crippen LogP contribution is -1.92. The number of hydrogen-bond acceptors (Lipinski definition) is 1. The Morgan fingerprint density at radius 2 is 1.80 bits per heavy atom. The van der Waals surface area contributed by atoms with Crippen LogP contribution < -0.4 is 0 Å². The molecule has 1 radical (unpaired) electrons. The zero-order chi connectivity index (χ0) is 7.66. The normalized spacial score (nSPS) is 10.2. The molecule has 61 valence electrons. The molecule has 0 saturated carbocycles. The lowest BCUT2D eigenvalue weighted by Gasteiger charge is -1.99. The molecule has 0 heterocycles. The fraction of sp³-hybridized carbons (Fsp3) is 0.889. The first-order chi connectivity index (χ1) is 4.91. The van der Waals surface area contributed by atoms with E-state index in [0.717, 1.165) is 19.6 Å². The van der Waals surface area contributed by atoms with Gasteiger partial charge in [-0.25, -0.2) is 0 Å². The van der Waals surface area contributed by atoms with E-state index < -0.39 is 0 Å². The van der Waals surface area contributed by atoms with Gasteiger partial charge in [0.2, 0.25) is 0 Å². The molecule has 0 fully saturated rings. The molecule has 0 spiro atoms. The van der Waals surface area contributed by atoms with Gasteiger partial charge in [0.25, 0.3) is 0 Å². The van der Waals surface area contributed by atoms with Gasteiger partial charge in [0.15, 0.2) is 0 Å². The van der Waals surface area contributed by atoms with E-state index in [2.05, 4.69) is 6.92 Å². The van der Waals surface area contributed by atoms with E-state index in [1.54, 1.807) is 0 Å². The molecule has 10 heavy (non-hydrogen) atoms. The summed E-state index contributed by atoms with van der Waals surface area (Å²) >= 11 is 0. The molecular formula is C9H19O. The van der Waals surface area contributed by atoms with Crippen LogP contribution >= 0.6 is 0 Å². The summed E-state index contributed by atoms with van der Waals surface area (Å²) < 4.78 is 5.20. The number of rotatable bonds is 7. The molecule has 0 aliphatic rings. The first kappa shape index (κ1) is 9.96. The Morgan fingerprint density at radius 1 is 1.10 bits per heavy atom. The predicted octanol–water partition coefficient (Wildman–Crippen LogP) is 2.81. The molecular weight excluding hydrogens is 124 g/mol. The summed E-state index contributed by atoms with van der Waals surface area (Å²) in [6, 6.07) is 0. The Morgan fingerprint density at radius 3 is 2.40 bits per heavy atom. The van der Waals surface area contributed by atoms with Crippen molar-refractivity contribution in [3.8, 4) is 0 Å². The second-order valence-corrected chi connectivity index (χ2v) is 2.46. The summed E-state index contributed by atoms with van der Waals surface area (Å²) in [5.74, 6) is 0. The first-order valence-corrected chi connectivity index (χ1v) is 4.28. The van der Waals surface area contributed by atoms with Crippen LogP contribution in [0, 0.1) is 6.92 Å². The Bertz CT molecular complexity index is 44.7. The maximum Gasteiger partial charge on any atom is 0.0465 e. The van der Waals surface area contributed by atoms with Crippen molar-refractivity contribution in [1.82, 2.24) is 0 Å². The fourth-order valence-corrected chi connectivity index (χ4v) is 0.879. The molecule has 0 saturated heterocycles. The minimum Gasteiger partial charge on any atom is -0.382 e.